The second-order valence-corrected chi connectivity index (χ2v) is 3.20. The third-order valence-corrected chi connectivity index (χ3v) is 1.92. The summed E-state index contributed by atoms with van der Waals surface area (Å²) in [5.74, 6) is 0.301. The van der Waals surface area contributed by atoms with Crippen LogP contribution in [0.15, 0.2) is 30.9 Å². The smallest absolute Gasteiger partial charge is 0.247 e. The summed E-state index contributed by atoms with van der Waals surface area (Å²) in [6.07, 6.45) is 1.19. The molecule has 0 spiro atoms. The molecule has 0 aromatic heterocycles. The summed E-state index contributed by atoms with van der Waals surface area (Å²) < 4.78 is 5.33. The quantitative estimate of drug-likeness (QED) is 0.801. The van der Waals surface area contributed by atoms with Crippen molar-refractivity contribution in [2.45, 2.75) is 6.92 Å². The summed E-state index contributed by atoms with van der Waals surface area (Å²) in [5, 5.41) is 3.16. The molecule has 15 heavy (non-hydrogen) atoms. The van der Waals surface area contributed by atoms with Crippen LogP contribution < -0.4 is 10.1 Å². The number of carbonyl (C=O) groups excluding carboxylic acids is 1. The molecule has 1 N–H and O–H groups in total. The second kappa shape index (κ2) is 5.41. The number of benzene rings is 1. The molecule has 0 heterocycles. The van der Waals surface area contributed by atoms with Crippen LogP contribution in [-0.2, 0) is 4.79 Å². The number of hydrogen-bond donors (Lipinski definition) is 1. The molecular weight excluding hydrogens is 214 g/mol. The van der Waals surface area contributed by atoms with E-state index in [9.17, 15) is 4.79 Å². The van der Waals surface area contributed by atoms with Gasteiger partial charge in [-0.3, -0.25) is 4.79 Å². The molecule has 0 bridgehead atoms. The second-order valence-electron chi connectivity index (χ2n) is 2.77. The maximum absolute atomic E-state index is 11.1. The van der Waals surface area contributed by atoms with Crippen LogP contribution in [0.1, 0.15) is 6.92 Å². The first-order valence-corrected chi connectivity index (χ1v) is 4.91. The Bertz CT molecular complexity index is 377. The summed E-state index contributed by atoms with van der Waals surface area (Å²) in [6, 6.07) is 5.05. The number of nitrogens with one attached hydrogen (secondary N) is 1. The van der Waals surface area contributed by atoms with Gasteiger partial charge in [-0.1, -0.05) is 18.2 Å². The van der Waals surface area contributed by atoms with E-state index in [4.69, 9.17) is 16.3 Å². The molecule has 0 aliphatic heterocycles. The van der Waals surface area contributed by atoms with Crippen LogP contribution >= 0.6 is 11.6 Å². The first kappa shape index (κ1) is 11.6. The van der Waals surface area contributed by atoms with Gasteiger partial charge in [0.25, 0.3) is 0 Å². The minimum absolute atomic E-state index is 0.293. The molecule has 1 aromatic rings. The highest BCUT2D eigenvalue weighted by Crippen LogP contribution is 2.27. The monoisotopic (exact) mass is 225 g/mol. The fourth-order valence-corrected chi connectivity index (χ4v) is 1.24. The minimum atomic E-state index is -0.293. The molecule has 1 aromatic carbocycles. The Morgan fingerprint density at radius 1 is 1.67 bits per heavy atom. The van der Waals surface area contributed by atoms with Crippen molar-refractivity contribution >= 4 is 23.2 Å². The Labute approximate surface area is 93.7 Å². The van der Waals surface area contributed by atoms with Crippen molar-refractivity contribution in [3.8, 4) is 5.75 Å². The van der Waals surface area contributed by atoms with Crippen molar-refractivity contribution in [3.05, 3.63) is 35.9 Å². The molecule has 3 nitrogen and oxygen atoms in total. The average molecular weight is 226 g/mol. The van der Waals surface area contributed by atoms with Crippen molar-refractivity contribution in [2.75, 3.05) is 11.9 Å². The lowest BCUT2D eigenvalue weighted by Crippen LogP contribution is -2.09. The molecule has 1 amide bonds. The molecule has 0 radical (unpaired) electrons. The highest BCUT2D eigenvalue weighted by atomic mass is 35.5. The Morgan fingerprint density at radius 2 is 2.40 bits per heavy atom. The minimum Gasteiger partial charge on any atom is -0.492 e. The van der Waals surface area contributed by atoms with Gasteiger partial charge in [-0.05, 0) is 31.2 Å². The van der Waals surface area contributed by atoms with Crippen LogP contribution in [-0.4, -0.2) is 12.5 Å². The fraction of sp³-hybridized carbons (Fsp3) is 0.182. The van der Waals surface area contributed by atoms with Crippen molar-refractivity contribution in [1.82, 2.24) is 0 Å². The number of hydrogen-bond acceptors (Lipinski definition) is 2. The number of ether oxygens (including phenoxy) is 1. The zero-order valence-corrected chi connectivity index (χ0v) is 9.17. The maximum atomic E-state index is 11.1. The molecule has 80 valence electrons. The molecule has 0 fully saturated rings. The maximum Gasteiger partial charge on any atom is 0.247 e. The Kier molecular flexibility index (Phi) is 4.18. The van der Waals surface area contributed by atoms with Gasteiger partial charge in [-0.2, -0.15) is 0 Å². The lowest BCUT2D eigenvalue weighted by molar-refractivity contribution is -0.111. The van der Waals surface area contributed by atoms with Gasteiger partial charge in [-0.15, -0.1) is 0 Å². The molecule has 0 aliphatic rings. The molecule has 4 heteroatoms. The molecule has 0 aliphatic carbocycles. The normalized spacial score (nSPS) is 9.47. The van der Waals surface area contributed by atoms with E-state index in [1.807, 2.05) is 6.92 Å². The Balaban J connectivity index is 2.95. The van der Waals surface area contributed by atoms with E-state index in [1.54, 1.807) is 18.2 Å². The van der Waals surface area contributed by atoms with Gasteiger partial charge < -0.3 is 10.1 Å². The van der Waals surface area contributed by atoms with Crippen LogP contribution in [0.4, 0.5) is 5.69 Å². The van der Waals surface area contributed by atoms with E-state index < -0.39 is 0 Å². The third-order valence-electron chi connectivity index (χ3n) is 1.68. The molecule has 0 saturated heterocycles. The number of anilines is 1. The van der Waals surface area contributed by atoms with Gasteiger partial charge >= 0.3 is 0 Å². The predicted octanol–water partition coefficient (Wildman–Crippen LogP) is 2.86. The zero-order valence-electron chi connectivity index (χ0n) is 8.42. The zero-order chi connectivity index (χ0) is 11.3. The van der Waals surface area contributed by atoms with Crippen molar-refractivity contribution < 1.29 is 9.53 Å². The topological polar surface area (TPSA) is 38.3 Å². The van der Waals surface area contributed by atoms with Gasteiger partial charge in [0.05, 0.1) is 12.3 Å². The van der Waals surface area contributed by atoms with Gasteiger partial charge in [-0.25, -0.2) is 0 Å². The van der Waals surface area contributed by atoms with E-state index in [0.29, 0.717) is 23.1 Å². The van der Waals surface area contributed by atoms with Gasteiger partial charge in [0.15, 0.2) is 0 Å². The number of halogens is 1. The molecule has 0 atom stereocenters. The summed E-state index contributed by atoms with van der Waals surface area (Å²) in [4.78, 5) is 11.1. The van der Waals surface area contributed by atoms with Crippen molar-refractivity contribution in [1.29, 1.82) is 0 Å². The van der Waals surface area contributed by atoms with Crippen LogP contribution in [0, 0.1) is 0 Å². The molecule has 0 unspecified atom stereocenters. The summed E-state index contributed by atoms with van der Waals surface area (Å²) >= 11 is 5.81. The van der Waals surface area contributed by atoms with Crippen LogP contribution in [0.25, 0.3) is 0 Å². The van der Waals surface area contributed by atoms with E-state index in [2.05, 4.69) is 11.9 Å². The van der Waals surface area contributed by atoms with Gasteiger partial charge in [0, 0.05) is 5.02 Å². The summed E-state index contributed by atoms with van der Waals surface area (Å²) in [7, 11) is 0. The lowest BCUT2D eigenvalue weighted by atomic mass is 10.3. The summed E-state index contributed by atoms with van der Waals surface area (Å²) in [5.41, 5.74) is 0.550. The van der Waals surface area contributed by atoms with E-state index >= 15 is 0 Å². The van der Waals surface area contributed by atoms with Gasteiger partial charge in [0.2, 0.25) is 5.91 Å². The molecule has 0 saturated carbocycles. The predicted molar refractivity (Wildman–Crippen MR) is 61.4 cm³/mol. The third kappa shape index (κ3) is 3.29. The fourth-order valence-electron chi connectivity index (χ4n) is 1.07. The molecular formula is C11H12ClNO2. The Hall–Kier alpha value is -1.48. The number of amides is 1. The lowest BCUT2D eigenvalue weighted by Gasteiger charge is -2.10. The van der Waals surface area contributed by atoms with E-state index in [1.165, 1.54) is 6.08 Å². The number of rotatable bonds is 4. The standard InChI is InChI=1S/C11H12ClNO2/c1-3-11(14)13-9-7-8(12)5-6-10(9)15-4-2/h3,5-7H,1,4H2,2H3,(H,13,14). The highest BCUT2D eigenvalue weighted by Gasteiger charge is 2.06. The Morgan fingerprint density at radius 3 is 3.00 bits per heavy atom. The SMILES string of the molecule is C=CC(=O)Nc1cc(Cl)ccc1OCC. The van der Waals surface area contributed by atoms with Gasteiger partial charge in [0.1, 0.15) is 5.75 Å². The first-order chi connectivity index (χ1) is 7.17. The largest absolute Gasteiger partial charge is 0.492 e. The van der Waals surface area contributed by atoms with Crippen LogP contribution in [0.3, 0.4) is 0 Å². The number of carbonyl (C=O) groups is 1. The van der Waals surface area contributed by atoms with Crippen LogP contribution in [0.2, 0.25) is 5.02 Å². The van der Waals surface area contributed by atoms with Crippen molar-refractivity contribution in [2.24, 2.45) is 0 Å². The van der Waals surface area contributed by atoms with Crippen LogP contribution in [0.5, 0.6) is 5.75 Å². The molecule has 1 rings (SSSR count). The highest BCUT2D eigenvalue weighted by molar-refractivity contribution is 6.31. The van der Waals surface area contributed by atoms with E-state index in [0.717, 1.165) is 0 Å². The summed E-state index contributed by atoms with van der Waals surface area (Å²) in [6.45, 7) is 5.76. The average Bonchev–Trinajstić information content (AvgIpc) is 2.22. The first-order valence-electron chi connectivity index (χ1n) is 4.53. The van der Waals surface area contributed by atoms with E-state index in [-0.39, 0.29) is 5.91 Å². The van der Waals surface area contributed by atoms with Crippen molar-refractivity contribution in [3.63, 3.8) is 0 Å².